The van der Waals surface area contributed by atoms with Crippen molar-refractivity contribution in [2.24, 2.45) is 0 Å². The Labute approximate surface area is 127 Å². The van der Waals surface area contributed by atoms with Crippen molar-refractivity contribution in [3.8, 4) is 11.5 Å². The Hall–Kier alpha value is -2.08. The zero-order valence-electron chi connectivity index (χ0n) is 12.3. The van der Waals surface area contributed by atoms with Crippen molar-refractivity contribution in [2.45, 2.75) is 26.3 Å². The average molecular weight is 309 g/mol. The van der Waals surface area contributed by atoms with Gasteiger partial charge in [-0.15, -0.1) is 0 Å². The summed E-state index contributed by atoms with van der Waals surface area (Å²) in [4.78, 5) is 15.5. The minimum Gasteiger partial charge on any atom is -0.388 e. The summed E-state index contributed by atoms with van der Waals surface area (Å²) in [7, 11) is 1.81. The molecule has 0 spiro atoms. The van der Waals surface area contributed by atoms with Crippen LogP contribution in [0.25, 0.3) is 11.5 Å². The Bertz CT molecular complexity index is 667. The molecule has 0 radical (unpaired) electrons. The quantitative estimate of drug-likeness (QED) is 0.908. The van der Waals surface area contributed by atoms with Crippen molar-refractivity contribution in [1.29, 1.82) is 0 Å². The Balaban J connectivity index is 2.34. The fourth-order valence-electron chi connectivity index (χ4n) is 1.93. The van der Waals surface area contributed by atoms with Crippen molar-refractivity contribution in [3.05, 3.63) is 29.0 Å². The predicted octanol–water partition coefficient (Wildman–Crippen LogP) is 2.80. The van der Waals surface area contributed by atoms with E-state index in [1.807, 2.05) is 13.1 Å². The third kappa shape index (κ3) is 3.33. The number of anilines is 1. The molecule has 0 fully saturated rings. The number of benzene rings is 1. The first kappa shape index (κ1) is 15.3. The SMILES string of the molecule is CNc1ccc(-c2nc(C(C)(C)NC(C)=O)no2)c(Cl)c1. The van der Waals surface area contributed by atoms with E-state index in [0.29, 0.717) is 22.3 Å². The summed E-state index contributed by atoms with van der Waals surface area (Å²) >= 11 is 6.21. The molecule has 2 aromatic rings. The molecule has 0 aliphatic rings. The molecule has 0 saturated heterocycles. The Morgan fingerprint density at radius 3 is 2.67 bits per heavy atom. The number of amides is 1. The van der Waals surface area contributed by atoms with Gasteiger partial charge in [-0.3, -0.25) is 4.79 Å². The number of carbonyl (C=O) groups is 1. The van der Waals surface area contributed by atoms with Gasteiger partial charge in [-0.2, -0.15) is 4.98 Å². The van der Waals surface area contributed by atoms with Gasteiger partial charge in [0.25, 0.3) is 5.89 Å². The fraction of sp³-hybridized carbons (Fsp3) is 0.357. The topological polar surface area (TPSA) is 80.0 Å². The van der Waals surface area contributed by atoms with E-state index in [0.717, 1.165) is 5.69 Å². The molecule has 7 heteroatoms. The summed E-state index contributed by atoms with van der Waals surface area (Å²) in [6.45, 7) is 5.04. The average Bonchev–Trinajstić information content (AvgIpc) is 2.87. The van der Waals surface area contributed by atoms with E-state index in [-0.39, 0.29) is 5.91 Å². The van der Waals surface area contributed by atoms with Gasteiger partial charge in [0.05, 0.1) is 16.1 Å². The van der Waals surface area contributed by atoms with Crippen LogP contribution >= 0.6 is 11.6 Å². The van der Waals surface area contributed by atoms with Gasteiger partial charge < -0.3 is 15.2 Å². The van der Waals surface area contributed by atoms with Crippen LogP contribution in [0.15, 0.2) is 22.7 Å². The molecular formula is C14H17ClN4O2. The fourth-order valence-corrected chi connectivity index (χ4v) is 2.19. The lowest BCUT2D eigenvalue weighted by Crippen LogP contribution is -2.40. The summed E-state index contributed by atoms with van der Waals surface area (Å²) in [6, 6.07) is 5.45. The van der Waals surface area contributed by atoms with E-state index in [4.69, 9.17) is 16.1 Å². The van der Waals surface area contributed by atoms with Crippen LogP contribution in [0.5, 0.6) is 0 Å². The van der Waals surface area contributed by atoms with Crippen molar-refractivity contribution in [1.82, 2.24) is 15.5 Å². The molecule has 1 aromatic heterocycles. The lowest BCUT2D eigenvalue weighted by Gasteiger charge is -2.20. The number of aromatic nitrogens is 2. The second-order valence-electron chi connectivity index (χ2n) is 5.17. The van der Waals surface area contributed by atoms with E-state index in [9.17, 15) is 4.79 Å². The highest BCUT2D eigenvalue weighted by molar-refractivity contribution is 6.33. The largest absolute Gasteiger partial charge is 0.388 e. The van der Waals surface area contributed by atoms with Crippen molar-refractivity contribution >= 4 is 23.2 Å². The molecule has 1 amide bonds. The van der Waals surface area contributed by atoms with Gasteiger partial charge in [0.2, 0.25) is 5.91 Å². The zero-order valence-corrected chi connectivity index (χ0v) is 13.1. The van der Waals surface area contributed by atoms with Crippen LogP contribution in [0.1, 0.15) is 26.6 Å². The van der Waals surface area contributed by atoms with Crippen molar-refractivity contribution < 1.29 is 9.32 Å². The van der Waals surface area contributed by atoms with E-state index < -0.39 is 5.54 Å². The first-order chi connectivity index (χ1) is 9.83. The van der Waals surface area contributed by atoms with Crippen LogP contribution in [0.2, 0.25) is 5.02 Å². The highest BCUT2D eigenvalue weighted by Crippen LogP contribution is 2.30. The van der Waals surface area contributed by atoms with Crippen LogP contribution in [0.4, 0.5) is 5.69 Å². The lowest BCUT2D eigenvalue weighted by atomic mass is 10.1. The molecule has 0 saturated carbocycles. The summed E-state index contributed by atoms with van der Waals surface area (Å²) in [5, 5.41) is 10.2. The first-order valence-corrected chi connectivity index (χ1v) is 6.82. The summed E-state index contributed by atoms with van der Waals surface area (Å²) < 4.78 is 5.26. The van der Waals surface area contributed by atoms with E-state index >= 15 is 0 Å². The zero-order chi connectivity index (χ0) is 15.6. The molecule has 6 nitrogen and oxygen atoms in total. The molecule has 2 N–H and O–H groups in total. The lowest BCUT2D eigenvalue weighted by molar-refractivity contribution is -0.120. The van der Waals surface area contributed by atoms with Gasteiger partial charge in [-0.25, -0.2) is 0 Å². The van der Waals surface area contributed by atoms with E-state index in [1.54, 1.807) is 26.0 Å². The molecule has 1 aromatic carbocycles. The van der Waals surface area contributed by atoms with Crippen molar-refractivity contribution in [3.63, 3.8) is 0 Å². The Morgan fingerprint density at radius 2 is 2.10 bits per heavy atom. The highest BCUT2D eigenvalue weighted by Gasteiger charge is 2.28. The van der Waals surface area contributed by atoms with Gasteiger partial charge in [0, 0.05) is 19.7 Å². The predicted molar refractivity (Wildman–Crippen MR) is 81.1 cm³/mol. The van der Waals surface area contributed by atoms with Crippen LogP contribution in [-0.2, 0) is 10.3 Å². The van der Waals surface area contributed by atoms with Crippen LogP contribution in [0.3, 0.4) is 0 Å². The maximum atomic E-state index is 11.2. The molecule has 21 heavy (non-hydrogen) atoms. The maximum Gasteiger partial charge on any atom is 0.259 e. The normalized spacial score (nSPS) is 11.3. The van der Waals surface area contributed by atoms with Gasteiger partial charge in [-0.1, -0.05) is 16.8 Å². The maximum absolute atomic E-state index is 11.2. The number of nitrogens with zero attached hydrogens (tertiary/aromatic N) is 2. The molecule has 0 bridgehead atoms. The summed E-state index contributed by atoms with van der Waals surface area (Å²) in [6.07, 6.45) is 0. The number of nitrogens with one attached hydrogen (secondary N) is 2. The molecule has 0 atom stereocenters. The first-order valence-electron chi connectivity index (χ1n) is 6.44. The van der Waals surface area contributed by atoms with Gasteiger partial charge >= 0.3 is 0 Å². The minimum atomic E-state index is -0.717. The molecule has 0 aliphatic heterocycles. The number of rotatable bonds is 4. The molecule has 0 aliphatic carbocycles. The van der Waals surface area contributed by atoms with Gasteiger partial charge in [0.1, 0.15) is 0 Å². The minimum absolute atomic E-state index is 0.164. The van der Waals surface area contributed by atoms with E-state index in [2.05, 4.69) is 20.8 Å². The van der Waals surface area contributed by atoms with Crippen LogP contribution in [0, 0.1) is 0 Å². The standard InChI is InChI=1S/C14H17ClN4O2/c1-8(20)18-14(2,3)13-17-12(21-19-13)10-6-5-9(16-4)7-11(10)15/h5-7,16H,1-4H3,(H,18,20). The van der Waals surface area contributed by atoms with Gasteiger partial charge in [0.15, 0.2) is 5.82 Å². The smallest absolute Gasteiger partial charge is 0.259 e. The number of halogens is 1. The number of carbonyl (C=O) groups excluding carboxylic acids is 1. The Morgan fingerprint density at radius 1 is 1.38 bits per heavy atom. The van der Waals surface area contributed by atoms with E-state index in [1.165, 1.54) is 6.92 Å². The monoisotopic (exact) mass is 308 g/mol. The molecule has 0 unspecified atom stereocenters. The Kier molecular flexibility index (Phi) is 4.18. The van der Waals surface area contributed by atoms with Crippen LogP contribution < -0.4 is 10.6 Å². The van der Waals surface area contributed by atoms with Crippen molar-refractivity contribution in [2.75, 3.05) is 12.4 Å². The second kappa shape index (κ2) is 5.73. The molecular weight excluding hydrogens is 292 g/mol. The van der Waals surface area contributed by atoms with Crippen LogP contribution in [-0.4, -0.2) is 23.1 Å². The second-order valence-corrected chi connectivity index (χ2v) is 5.58. The third-order valence-electron chi connectivity index (χ3n) is 2.96. The van der Waals surface area contributed by atoms with Gasteiger partial charge in [-0.05, 0) is 32.0 Å². The highest BCUT2D eigenvalue weighted by atomic mass is 35.5. The number of hydrogen-bond acceptors (Lipinski definition) is 5. The third-order valence-corrected chi connectivity index (χ3v) is 3.27. The summed E-state index contributed by atoms with van der Waals surface area (Å²) in [5.74, 6) is 0.542. The molecule has 112 valence electrons. The number of hydrogen-bond donors (Lipinski definition) is 2. The molecule has 2 rings (SSSR count). The molecule has 1 heterocycles. The summed E-state index contributed by atoms with van der Waals surface area (Å²) in [5.41, 5.74) is 0.820.